The maximum Gasteiger partial charge on any atom is 0.0515 e. The Morgan fingerprint density at radius 3 is 2.67 bits per heavy atom. The number of ether oxygens (including phenoxy) is 1. The van der Waals surface area contributed by atoms with Gasteiger partial charge in [0.1, 0.15) is 0 Å². The molecule has 18 heavy (non-hydrogen) atoms. The average molecular weight is 246 g/mol. The van der Waals surface area contributed by atoms with Crippen LogP contribution in [-0.4, -0.2) is 32.8 Å². The van der Waals surface area contributed by atoms with Crippen molar-refractivity contribution in [2.24, 2.45) is 11.8 Å². The second-order valence-electron chi connectivity index (χ2n) is 5.37. The van der Waals surface area contributed by atoms with Gasteiger partial charge in [-0.25, -0.2) is 0 Å². The van der Waals surface area contributed by atoms with E-state index in [-0.39, 0.29) is 0 Å². The number of hydrogen-bond donors (Lipinski definition) is 1. The van der Waals surface area contributed by atoms with Gasteiger partial charge in [0.2, 0.25) is 0 Å². The van der Waals surface area contributed by atoms with Crippen molar-refractivity contribution in [3.63, 3.8) is 0 Å². The van der Waals surface area contributed by atoms with E-state index in [0.29, 0.717) is 0 Å². The second kappa shape index (κ2) is 5.29. The lowest BCUT2D eigenvalue weighted by Gasteiger charge is -2.23. The number of fused-ring (bicyclic) bond motifs is 1. The summed E-state index contributed by atoms with van der Waals surface area (Å²) >= 11 is 0. The molecule has 3 rings (SSSR count). The molecule has 2 unspecified atom stereocenters. The molecule has 2 fully saturated rings. The topological polar surface area (TPSA) is 24.5 Å². The van der Waals surface area contributed by atoms with Gasteiger partial charge in [-0.2, -0.15) is 0 Å². The lowest BCUT2D eigenvalue weighted by molar-refractivity contribution is 0.177. The Bertz CT molecular complexity index is 395. The van der Waals surface area contributed by atoms with Crippen molar-refractivity contribution in [1.29, 1.82) is 0 Å². The van der Waals surface area contributed by atoms with Crippen molar-refractivity contribution in [3.05, 3.63) is 29.8 Å². The fourth-order valence-electron chi connectivity index (χ4n) is 3.11. The van der Waals surface area contributed by atoms with E-state index >= 15 is 0 Å². The summed E-state index contributed by atoms with van der Waals surface area (Å²) in [5.41, 5.74) is 2.83. The largest absolute Gasteiger partial charge is 0.381 e. The molecule has 2 saturated heterocycles. The van der Waals surface area contributed by atoms with Crippen LogP contribution in [0, 0.1) is 11.8 Å². The van der Waals surface area contributed by atoms with E-state index in [1.807, 2.05) is 0 Å². The number of nitrogens with one attached hydrogen (secondary N) is 1. The Morgan fingerprint density at radius 1 is 1.22 bits per heavy atom. The highest BCUT2D eigenvalue weighted by Crippen LogP contribution is 2.33. The minimum atomic E-state index is 0.747. The van der Waals surface area contributed by atoms with E-state index < -0.39 is 0 Å². The Labute approximate surface area is 109 Å². The third-order valence-corrected chi connectivity index (χ3v) is 4.14. The van der Waals surface area contributed by atoms with Crippen molar-refractivity contribution in [1.82, 2.24) is 5.32 Å². The lowest BCUT2D eigenvalue weighted by Crippen LogP contribution is -2.24. The summed E-state index contributed by atoms with van der Waals surface area (Å²) in [6.45, 7) is 8.37. The highest BCUT2D eigenvalue weighted by molar-refractivity contribution is 5.54. The minimum Gasteiger partial charge on any atom is -0.381 e. The summed E-state index contributed by atoms with van der Waals surface area (Å²) in [7, 11) is 0. The average Bonchev–Trinajstić information content (AvgIpc) is 2.97. The lowest BCUT2D eigenvalue weighted by atomic mass is 10.0. The molecule has 2 atom stereocenters. The van der Waals surface area contributed by atoms with Crippen molar-refractivity contribution < 1.29 is 4.74 Å². The molecule has 2 aliphatic heterocycles. The number of rotatable bonds is 4. The molecule has 1 aromatic carbocycles. The maximum atomic E-state index is 5.55. The van der Waals surface area contributed by atoms with Gasteiger partial charge in [-0.1, -0.05) is 25.1 Å². The van der Waals surface area contributed by atoms with Crippen molar-refractivity contribution in [2.75, 3.05) is 37.7 Å². The number of hydrogen-bond acceptors (Lipinski definition) is 3. The zero-order valence-electron chi connectivity index (χ0n) is 11.1. The summed E-state index contributed by atoms with van der Waals surface area (Å²) in [6.07, 6.45) is 0. The number of anilines is 1. The molecule has 0 saturated carbocycles. The fourth-order valence-corrected chi connectivity index (χ4v) is 3.11. The van der Waals surface area contributed by atoms with Gasteiger partial charge >= 0.3 is 0 Å². The second-order valence-corrected chi connectivity index (χ2v) is 5.37. The van der Waals surface area contributed by atoms with Crippen LogP contribution in [0.25, 0.3) is 0 Å². The maximum absolute atomic E-state index is 5.55. The smallest absolute Gasteiger partial charge is 0.0515 e. The van der Waals surface area contributed by atoms with Crippen LogP contribution in [0.1, 0.15) is 12.5 Å². The standard InChI is InChI=1S/C15H22N2O/c1-2-16-7-12-5-3-4-6-15(12)17-8-13-10-18-11-14(13)9-17/h3-6,13-14,16H,2,7-11H2,1H3. The highest BCUT2D eigenvalue weighted by atomic mass is 16.5. The van der Waals surface area contributed by atoms with Gasteiger partial charge in [0.15, 0.2) is 0 Å². The third kappa shape index (κ3) is 2.25. The first-order valence-corrected chi connectivity index (χ1v) is 6.99. The van der Waals surface area contributed by atoms with Gasteiger partial charge in [-0.3, -0.25) is 0 Å². The Kier molecular flexibility index (Phi) is 3.52. The first-order chi connectivity index (χ1) is 8.88. The molecule has 2 aliphatic rings. The molecule has 0 amide bonds. The molecule has 3 heteroatoms. The Balaban J connectivity index is 1.75. The molecule has 98 valence electrons. The van der Waals surface area contributed by atoms with Gasteiger partial charge < -0.3 is 15.0 Å². The van der Waals surface area contributed by atoms with Crippen LogP contribution in [0.3, 0.4) is 0 Å². The summed E-state index contributed by atoms with van der Waals surface area (Å²) in [5.74, 6) is 1.49. The summed E-state index contributed by atoms with van der Waals surface area (Å²) in [5, 5.41) is 3.43. The van der Waals surface area contributed by atoms with Crippen LogP contribution in [-0.2, 0) is 11.3 Å². The Morgan fingerprint density at radius 2 is 1.94 bits per heavy atom. The van der Waals surface area contributed by atoms with Gasteiger partial charge in [-0.15, -0.1) is 0 Å². The van der Waals surface area contributed by atoms with E-state index in [9.17, 15) is 0 Å². The molecule has 0 spiro atoms. The molecule has 2 heterocycles. The quantitative estimate of drug-likeness (QED) is 0.878. The number of benzene rings is 1. The molecule has 1 aromatic rings. The molecular formula is C15H22N2O. The molecular weight excluding hydrogens is 224 g/mol. The predicted molar refractivity (Wildman–Crippen MR) is 73.8 cm³/mol. The molecule has 1 N–H and O–H groups in total. The van der Waals surface area contributed by atoms with E-state index in [1.165, 1.54) is 11.3 Å². The monoisotopic (exact) mass is 246 g/mol. The van der Waals surface area contributed by atoms with E-state index in [0.717, 1.165) is 51.2 Å². The van der Waals surface area contributed by atoms with Crippen LogP contribution in [0.15, 0.2) is 24.3 Å². The summed E-state index contributed by atoms with van der Waals surface area (Å²) in [4.78, 5) is 2.55. The van der Waals surface area contributed by atoms with Crippen molar-refractivity contribution >= 4 is 5.69 Å². The van der Waals surface area contributed by atoms with Crippen LogP contribution < -0.4 is 10.2 Å². The van der Waals surface area contributed by atoms with Gasteiger partial charge in [0, 0.05) is 37.2 Å². The first-order valence-electron chi connectivity index (χ1n) is 6.99. The normalized spacial score (nSPS) is 26.6. The van der Waals surface area contributed by atoms with E-state index in [2.05, 4.69) is 41.4 Å². The van der Waals surface area contributed by atoms with Crippen LogP contribution in [0.5, 0.6) is 0 Å². The highest BCUT2D eigenvalue weighted by Gasteiger charge is 2.37. The first kappa shape index (κ1) is 12.0. The van der Waals surface area contributed by atoms with Gasteiger partial charge in [0.25, 0.3) is 0 Å². The molecule has 0 aromatic heterocycles. The molecule has 0 bridgehead atoms. The van der Waals surface area contributed by atoms with Gasteiger partial charge in [0.05, 0.1) is 13.2 Å². The van der Waals surface area contributed by atoms with E-state index in [1.54, 1.807) is 0 Å². The van der Waals surface area contributed by atoms with Crippen molar-refractivity contribution in [3.8, 4) is 0 Å². The van der Waals surface area contributed by atoms with Crippen LogP contribution in [0.2, 0.25) is 0 Å². The fraction of sp³-hybridized carbons (Fsp3) is 0.600. The predicted octanol–water partition coefficient (Wildman–Crippen LogP) is 1.88. The zero-order valence-corrected chi connectivity index (χ0v) is 11.1. The SMILES string of the molecule is CCNCc1ccccc1N1CC2COCC2C1. The molecule has 0 radical (unpaired) electrons. The summed E-state index contributed by atoms with van der Waals surface area (Å²) in [6, 6.07) is 8.78. The zero-order chi connectivity index (χ0) is 12.4. The molecule has 3 nitrogen and oxygen atoms in total. The Hall–Kier alpha value is -1.06. The van der Waals surface area contributed by atoms with Crippen LogP contribution >= 0.6 is 0 Å². The minimum absolute atomic E-state index is 0.747. The number of nitrogens with zero attached hydrogens (tertiary/aromatic N) is 1. The van der Waals surface area contributed by atoms with Crippen molar-refractivity contribution in [2.45, 2.75) is 13.5 Å². The van der Waals surface area contributed by atoms with E-state index in [4.69, 9.17) is 4.74 Å². The third-order valence-electron chi connectivity index (χ3n) is 4.14. The summed E-state index contributed by atoms with van der Waals surface area (Å²) < 4.78 is 5.55. The number of para-hydroxylation sites is 1. The van der Waals surface area contributed by atoms with Gasteiger partial charge in [-0.05, 0) is 18.2 Å². The van der Waals surface area contributed by atoms with Crippen LogP contribution in [0.4, 0.5) is 5.69 Å². The molecule has 0 aliphatic carbocycles.